The number of hydrogen-bond donors (Lipinski definition) is 1. The zero-order valence-electron chi connectivity index (χ0n) is 18.7. The van der Waals surface area contributed by atoms with Crippen LogP contribution >= 0.6 is 0 Å². The summed E-state index contributed by atoms with van der Waals surface area (Å²) in [6, 6.07) is 17.2. The second-order valence-corrected chi connectivity index (χ2v) is 8.17. The van der Waals surface area contributed by atoms with Crippen molar-refractivity contribution >= 4 is 11.8 Å². The summed E-state index contributed by atoms with van der Waals surface area (Å²) in [6.07, 6.45) is 0.676. The van der Waals surface area contributed by atoms with Crippen molar-refractivity contribution in [3.63, 3.8) is 0 Å². The predicted octanol–water partition coefficient (Wildman–Crippen LogP) is 4.17. The van der Waals surface area contributed by atoms with Gasteiger partial charge in [-0.05, 0) is 56.4 Å². The van der Waals surface area contributed by atoms with Crippen LogP contribution in [0.4, 0.5) is 0 Å². The van der Waals surface area contributed by atoms with Gasteiger partial charge < -0.3 is 15.0 Å². The molecule has 0 saturated heterocycles. The highest BCUT2D eigenvalue weighted by atomic mass is 16.5. The number of nitrogens with one attached hydrogen (secondary N) is 1. The molecule has 0 radical (unpaired) electrons. The number of nitrogens with zero attached hydrogens (tertiary/aromatic N) is 1. The molecule has 0 fully saturated rings. The fourth-order valence-electron chi connectivity index (χ4n) is 3.15. The van der Waals surface area contributed by atoms with E-state index in [1.165, 1.54) is 5.56 Å². The van der Waals surface area contributed by atoms with Crippen molar-refractivity contribution in [2.75, 3.05) is 13.2 Å². The summed E-state index contributed by atoms with van der Waals surface area (Å²) in [4.78, 5) is 27.1. The van der Waals surface area contributed by atoms with E-state index >= 15 is 0 Å². The number of carbonyl (C=O) groups excluding carboxylic acids is 2. The van der Waals surface area contributed by atoms with E-state index in [2.05, 4.69) is 19.2 Å². The van der Waals surface area contributed by atoms with Crippen molar-refractivity contribution in [3.05, 3.63) is 65.7 Å². The van der Waals surface area contributed by atoms with E-state index < -0.39 is 6.04 Å². The van der Waals surface area contributed by atoms with Gasteiger partial charge in [-0.1, -0.05) is 56.3 Å². The Hall–Kier alpha value is -2.82. The first-order valence-electron chi connectivity index (χ1n) is 10.6. The van der Waals surface area contributed by atoms with E-state index in [0.717, 1.165) is 5.56 Å². The van der Waals surface area contributed by atoms with Gasteiger partial charge in [-0.2, -0.15) is 0 Å². The average molecular weight is 411 g/mol. The van der Waals surface area contributed by atoms with Gasteiger partial charge in [0.2, 0.25) is 5.91 Å². The fourth-order valence-corrected chi connectivity index (χ4v) is 3.15. The summed E-state index contributed by atoms with van der Waals surface area (Å²) in [5.74, 6) is 0.725. The molecule has 2 amide bonds. The van der Waals surface area contributed by atoms with E-state index in [0.29, 0.717) is 24.6 Å². The lowest BCUT2D eigenvalue weighted by Crippen LogP contribution is -2.51. The largest absolute Gasteiger partial charge is 0.484 e. The molecule has 0 heterocycles. The van der Waals surface area contributed by atoms with E-state index in [1.807, 2.05) is 68.4 Å². The van der Waals surface area contributed by atoms with Gasteiger partial charge in [0.15, 0.2) is 6.61 Å². The molecule has 5 nitrogen and oxygen atoms in total. The number of carbonyl (C=O) groups is 2. The molecule has 0 aliphatic heterocycles. The van der Waals surface area contributed by atoms with Gasteiger partial charge in [-0.25, -0.2) is 0 Å². The van der Waals surface area contributed by atoms with Crippen molar-refractivity contribution < 1.29 is 14.3 Å². The Balaban J connectivity index is 2.05. The molecule has 0 aliphatic rings. The summed E-state index contributed by atoms with van der Waals surface area (Å²) in [7, 11) is 0. The van der Waals surface area contributed by atoms with E-state index in [4.69, 9.17) is 4.74 Å². The molecule has 2 aromatic rings. The molecule has 2 rings (SSSR count). The van der Waals surface area contributed by atoms with Gasteiger partial charge in [0.25, 0.3) is 5.91 Å². The van der Waals surface area contributed by atoms with Crippen LogP contribution in [0.3, 0.4) is 0 Å². The Morgan fingerprint density at radius 1 is 0.933 bits per heavy atom. The maximum atomic E-state index is 13.0. The smallest absolute Gasteiger partial charge is 0.261 e. The third-order valence-corrected chi connectivity index (χ3v) is 4.99. The first-order valence-corrected chi connectivity index (χ1v) is 10.6. The molecule has 0 spiro atoms. The number of hydrogen-bond acceptors (Lipinski definition) is 3. The summed E-state index contributed by atoms with van der Waals surface area (Å²) >= 11 is 0. The van der Waals surface area contributed by atoms with Crippen molar-refractivity contribution in [3.8, 4) is 5.75 Å². The molecule has 1 unspecified atom stereocenters. The van der Waals surface area contributed by atoms with Crippen LogP contribution in [-0.2, 0) is 16.0 Å². The standard InChI is InChI=1S/C25H34N2O3/c1-18(2)22-11-13-23(14-12-22)30-17-24(28)27(20(5)25(29)26-19(3)4)16-15-21-9-7-6-8-10-21/h6-14,18-20H,15-17H2,1-5H3,(H,26,29). The van der Waals surface area contributed by atoms with Crippen LogP contribution in [0.15, 0.2) is 54.6 Å². The monoisotopic (exact) mass is 410 g/mol. The Morgan fingerprint density at radius 3 is 2.13 bits per heavy atom. The maximum Gasteiger partial charge on any atom is 0.261 e. The van der Waals surface area contributed by atoms with Crippen molar-refractivity contribution in [2.45, 2.75) is 59.0 Å². The lowest BCUT2D eigenvalue weighted by atomic mass is 10.0. The zero-order chi connectivity index (χ0) is 22.1. The van der Waals surface area contributed by atoms with Crippen LogP contribution in [0.25, 0.3) is 0 Å². The van der Waals surface area contributed by atoms with Crippen LogP contribution in [0.5, 0.6) is 5.75 Å². The molecule has 30 heavy (non-hydrogen) atoms. The Morgan fingerprint density at radius 2 is 1.57 bits per heavy atom. The van der Waals surface area contributed by atoms with Crippen LogP contribution in [0, 0.1) is 0 Å². The van der Waals surface area contributed by atoms with Crippen LogP contribution in [-0.4, -0.2) is 41.9 Å². The van der Waals surface area contributed by atoms with Gasteiger partial charge in [0.05, 0.1) is 0 Å². The summed E-state index contributed by atoms with van der Waals surface area (Å²) < 4.78 is 5.72. The average Bonchev–Trinajstić information content (AvgIpc) is 2.72. The molecule has 5 heteroatoms. The minimum Gasteiger partial charge on any atom is -0.484 e. The number of ether oxygens (including phenoxy) is 1. The lowest BCUT2D eigenvalue weighted by Gasteiger charge is -2.29. The van der Waals surface area contributed by atoms with Crippen molar-refractivity contribution in [1.29, 1.82) is 0 Å². The molecule has 2 aromatic carbocycles. The highest BCUT2D eigenvalue weighted by molar-refractivity contribution is 5.88. The molecule has 0 aromatic heterocycles. The van der Waals surface area contributed by atoms with Gasteiger partial charge >= 0.3 is 0 Å². The van der Waals surface area contributed by atoms with Crippen LogP contribution in [0.1, 0.15) is 51.7 Å². The molecule has 0 saturated carbocycles. The molecular weight excluding hydrogens is 376 g/mol. The third-order valence-electron chi connectivity index (χ3n) is 4.99. The number of amides is 2. The number of benzene rings is 2. The lowest BCUT2D eigenvalue weighted by molar-refractivity contribution is -0.141. The Labute approximate surface area is 180 Å². The van der Waals surface area contributed by atoms with Crippen LogP contribution < -0.4 is 10.1 Å². The van der Waals surface area contributed by atoms with Gasteiger partial charge in [-0.3, -0.25) is 9.59 Å². The highest BCUT2D eigenvalue weighted by Gasteiger charge is 2.26. The van der Waals surface area contributed by atoms with Gasteiger partial charge in [0, 0.05) is 12.6 Å². The van der Waals surface area contributed by atoms with E-state index in [-0.39, 0.29) is 24.5 Å². The van der Waals surface area contributed by atoms with Crippen molar-refractivity contribution in [1.82, 2.24) is 10.2 Å². The molecule has 1 atom stereocenters. The van der Waals surface area contributed by atoms with E-state index in [9.17, 15) is 9.59 Å². The SMILES string of the molecule is CC(C)NC(=O)C(C)N(CCc1ccccc1)C(=O)COc1ccc(C(C)C)cc1. The fraction of sp³-hybridized carbons (Fsp3) is 0.440. The summed E-state index contributed by atoms with van der Waals surface area (Å²) in [5.41, 5.74) is 2.34. The summed E-state index contributed by atoms with van der Waals surface area (Å²) in [6.45, 7) is 10.2. The molecule has 0 aliphatic carbocycles. The van der Waals surface area contributed by atoms with Gasteiger partial charge in [0.1, 0.15) is 11.8 Å². The zero-order valence-corrected chi connectivity index (χ0v) is 18.7. The molecule has 0 bridgehead atoms. The van der Waals surface area contributed by atoms with Crippen LogP contribution in [0.2, 0.25) is 0 Å². The maximum absolute atomic E-state index is 13.0. The minimum atomic E-state index is -0.574. The second-order valence-electron chi connectivity index (χ2n) is 8.17. The van der Waals surface area contributed by atoms with Gasteiger partial charge in [-0.15, -0.1) is 0 Å². The first-order chi connectivity index (χ1) is 14.3. The minimum absolute atomic E-state index is 0.0155. The summed E-state index contributed by atoms with van der Waals surface area (Å²) in [5, 5.41) is 2.89. The Bertz CT molecular complexity index is 801. The first kappa shape index (κ1) is 23.5. The topological polar surface area (TPSA) is 58.6 Å². The molecule has 162 valence electrons. The predicted molar refractivity (Wildman–Crippen MR) is 121 cm³/mol. The quantitative estimate of drug-likeness (QED) is 0.639. The Kier molecular flexibility index (Phi) is 8.90. The van der Waals surface area contributed by atoms with Crippen molar-refractivity contribution in [2.24, 2.45) is 0 Å². The molecule has 1 N–H and O–H groups in total. The normalized spacial score (nSPS) is 12.0. The highest BCUT2D eigenvalue weighted by Crippen LogP contribution is 2.18. The molecular formula is C25H34N2O3. The number of rotatable bonds is 10. The van der Waals surface area contributed by atoms with E-state index in [1.54, 1.807) is 11.8 Å². The third kappa shape index (κ3) is 7.21. The second kappa shape index (κ2) is 11.4.